The normalized spacial score (nSPS) is 20.1. The first-order valence-electron chi connectivity index (χ1n) is 5.21. The van der Waals surface area contributed by atoms with Crippen LogP contribution in [0.5, 0.6) is 0 Å². The Kier molecular flexibility index (Phi) is 2.95. The number of allylic oxidation sites excluding steroid dienone is 2. The fourth-order valence-corrected chi connectivity index (χ4v) is 2.12. The molecule has 0 heterocycles. The topological polar surface area (TPSA) is 17.1 Å². The summed E-state index contributed by atoms with van der Waals surface area (Å²) in [6.45, 7) is 0. The van der Waals surface area contributed by atoms with E-state index in [-0.39, 0.29) is 5.82 Å². The average Bonchev–Trinajstić information content (AvgIpc) is 2.68. The van der Waals surface area contributed by atoms with Gasteiger partial charge >= 0.3 is 0 Å². The molecule has 2 heteroatoms. The fourth-order valence-electron chi connectivity index (χ4n) is 2.12. The minimum Gasteiger partial charge on any atom is -0.303 e. The second-order valence-corrected chi connectivity index (χ2v) is 3.84. The summed E-state index contributed by atoms with van der Waals surface area (Å²) in [5.74, 6) is 0.109. The number of benzene rings is 1. The summed E-state index contributed by atoms with van der Waals surface area (Å²) in [6, 6.07) is 6.49. The molecule has 1 aliphatic carbocycles. The van der Waals surface area contributed by atoms with E-state index in [4.69, 9.17) is 0 Å². The van der Waals surface area contributed by atoms with Crippen LogP contribution in [-0.2, 0) is 4.79 Å². The van der Waals surface area contributed by atoms with Gasteiger partial charge in [0, 0.05) is 6.42 Å². The maximum Gasteiger partial charge on any atom is 0.123 e. The van der Waals surface area contributed by atoms with Crippen molar-refractivity contribution < 1.29 is 9.18 Å². The SMILES string of the molecule is O=CCC1CCC=C1c1ccc(F)cc1. The average molecular weight is 204 g/mol. The van der Waals surface area contributed by atoms with Gasteiger partial charge in [0.1, 0.15) is 12.1 Å². The number of carbonyl (C=O) groups is 1. The zero-order valence-electron chi connectivity index (χ0n) is 8.45. The molecule has 1 aliphatic rings. The Hall–Kier alpha value is -1.44. The van der Waals surface area contributed by atoms with E-state index in [9.17, 15) is 9.18 Å². The van der Waals surface area contributed by atoms with Gasteiger partial charge in [-0.2, -0.15) is 0 Å². The quantitative estimate of drug-likeness (QED) is 0.691. The summed E-state index contributed by atoms with van der Waals surface area (Å²) in [6.07, 6.45) is 5.74. The van der Waals surface area contributed by atoms with E-state index in [1.807, 2.05) is 0 Å². The maximum atomic E-state index is 12.7. The minimum atomic E-state index is -0.218. The van der Waals surface area contributed by atoms with Crippen molar-refractivity contribution in [2.75, 3.05) is 0 Å². The second kappa shape index (κ2) is 4.39. The summed E-state index contributed by atoms with van der Waals surface area (Å²) in [7, 11) is 0. The van der Waals surface area contributed by atoms with Crippen LogP contribution < -0.4 is 0 Å². The van der Waals surface area contributed by atoms with Crippen molar-refractivity contribution in [3.8, 4) is 0 Å². The van der Waals surface area contributed by atoms with Gasteiger partial charge in [0.2, 0.25) is 0 Å². The molecular formula is C13H13FO. The van der Waals surface area contributed by atoms with Gasteiger partial charge in [0.15, 0.2) is 0 Å². The minimum absolute atomic E-state index is 0.218. The van der Waals surface area contributed by atoms with Crippen LogP contribution in [0.15, 0.2) is 30.3 Å². The van der Waals surface area contributed by atoms with Gasteiger partial charge < -0.3 is 4.79 Å². The van der Waals surface area contributed by atoms with E-state index in [0.29, 0.717) is 12.3 Å². The third kappa shape index (κ3) is 2.14. The van der Waals surface area contributed by atoms with Crippen LogP contribution in [0.25, 0.3) is 5.57 Å². The van der Waals surface area contributed by atoms with Crippen LogP contribution >= 0.6 is 0 Å². The highest BCUT2D eigenvalue weighted by Crippen LogP contribution is 2.35. The van der Waals surface area contributed by atoms with Crippen molar-refractivity contribution >= 4 is 11.9 Å². The molecule has 0 aromatic heterocycles. The summed E-state index contributed by atoms with van der Waals surface area (Å²) in [5.41, 5.74) is 2.24. The summed E-state index contributed by atoms with van der Waals surface area (Å²) >= 11 is 0. The van der Waals surface area contributed by atoms with Crippen molar-refractivity contribution in [1.29, 1.82) is 0 Å². The Morgan fingerprint density at radius 1 is 1.33 bits per heavy atom. The molecule has 0 saturated heterocycles. The van der Waals surface area contributed by atoms with E-state index >= 15 is 0 Å². The largest absolute Gasteiger partial charge is 0.303 e. The summed E-state index contributed by atoms with van der Waals surface area (Å²) in [5, 5.41) is 0. The van der Waals surface area contributed by atoms with Crippen molar-refractivity contribution in [3.63, 3.8) is 0 Å². The lowest BCUT2D eigenvalue weighted by Gasteiger charge is -2.11. The van der Waals surface area contributed by atoms with Gasteiger partial charge in [-0.1, -0.05) is 18.2 Å². The molecule has 0 N–H and O–H groups in total. The van der Waals surface area contributed by atoms with Crippen molar-refractivity contribution in [2.24, 2.45) is 5.92 Å². The van der Waals surface area contributed by atoms with E-state index in [1.54, 1.807) is 12.1 Å². The highest BCUT2D eigenvalue weighted by molar-refractivity contribution is 5.71. The van der Waals surface area contributed by atoms with Crippen LogP contribution in [0.1, 0.15) is 24.8 Å². The number of rotatable bonds is 3. The molecule has 0 aliphatic heterocycles. The molecule has 1 aromatic rings. The lowest BCUT2D eigenvalue weighted by atomic mass is 9.93. The molecule has 0 spiro atoms. The van der Waals surface area contributed by atoms with Gasteiger partial charge in [0.25, 0.3) is 0 Å². The number of aldehydes is 1. The molecule has 78 valence electrons. The first kappa shape index (κ1) is 10.1. The zero-order valence-corrected chi connectivity index (χ0v) is 8.45. The number of halogens is 1. The monoisotopic (exact) mass is 204 g/mol. The van der Waals surface area contributed by atoms with Gasteiger partial charge in [-0.3, -0.25) is 0 Å². The summed E-state index contributed by atoms with van der Waals surface area (Å²) in [4.78, 5) is 10.5. The van der Waals surface area contributed by atoms with Crippen molar-refractivity contribution in [2.45, 2.75) is 19.3 Å². The molecule has 1 aromatic carbocycles. The Balaban J connectivity index is 2.22. The molecule has 1 unspecified atom stereocenters. The lowest BCUT2D eigenvalue weighted by molar-refractivity contribution is -0.108. The van der Waals surface area contributed by atoms with E-state index < -0.39 is 0 Å². The van der Waals surface area contributed by atoms with E-state index in [0.717, 1.165) is 24.7 Å². The molecule has 1 nitrogen and oxygen atoms in total. The predicted octanol–water partition coefficient (Wildman–Crippen LogP) is 3.21. The maximum absolute atomic E-state index is 12.7. The molecule has 0 saturated carbocycles. The predicted molar refractivity (Wildman–Crippen MR) is 57.8 cm³/mol. The smallest absolute Gasteiger partial charge is 0.123 e. The van der Waals surface area contributed by atoms with Gasteiger partial charge in [-0.25, -0.2) is 4.39 Å². The van der Waals surface area contributed by atoms with Crippen LogP contribution in [0, 0.1) is 11.7 Å². The Labute approximate surface area is 88.6 Å². The van der Waals surface area contributed by atoms with Crippen LogP contribution in [-0.4, -0.2) is 6.29 Å². The molecule has 0 fully saturated rings. The standard InChI is InChI=1S/C13H13FO/c14-12-6-4-11(5-7-12)13-3-1-2-10(13)8-9-15/h3-7,9-10H,1-2,8H2. The molecule has 0 amide bonds. The van der Waals surface area contributed by atoms with Gasteiger partial charge in [-0.15, -0.1) is 0 Å². The fraction of sp³-hybridized carbons (Fsp3) is 0.308. The number of carbonyl (C=O) groups excluding carboxylic acids is 1. The highest BCUT2D eigenvalue weighted by Gasteiger charge is 2.19. The Morgan fingerprint density at radius 2 is 2.07 bits per heavy atom. The molecule has 1 atom stereocenters. The zero-order chi connectivity index (χ0) is 10.7. The third-order valence-electron chi connectivity index (χ3n) is 2.88. The Bertz CT molecular complexity index is 378. The molecule has 2 rings (SSSR count). The molecule has 0 radical (unpaired) electrons. The van der Waals surface area contributed by atoms with Crippen molar-refractivity contribution in [1.82, 2.24) is 0 Å². The van der Waals surface area contributed by atoms with Gasteiger partial charge in [0.05, 0.1) is 0 Å². The third-order valence-corrected chi connectivity index (χ3v) is 2.88. The van der Waals surface area contributed by atoms with Crippen LogP contribution in [0.4, 0.5) is 4.39 Å². The van der Waals surface area contributed by atoms with E-state index in [2.05, 4.69) is 6.08 Å². The Morgan fingerprint density at radius 3 is 2.73 bits per heavy atom. The van der Waals surface area contributed by atoms with Crippen LogP contribution in [0.3, 0.4) is 0 Å². The first-order valence-corrected chi connectivity index (χ1v) is 5.21. The van der Waals surface area contributed by atoms with Crippen molar-refractivity contribution in [3.05, 3.63) is 41.7 Å². The van der Waals surface area contributed by atoms with Gasteiger partial charge in [-0.05, 0) is 42.0 Å². The van der Waals surface area contributed by atoms with E-state index in [1.165, 1.54) is 17.7 Å². The number of hydrogen-bond acceptors (Lipinski definition) is 1. The summed E-state index contributed by atoms with van der Waals surface area (Å²) < 4.78 is 12.7. The second-order valence-electron chi connectivity index (χ2n) is 3.84. The first-order chi connectivity index (χ1) is 7.31. The molecule has 15 heavy (non-hydrogen) atoms. The lowest BCUT2D eigenvalue weighted by Crippen LogP contribution is -1.99. The van der Waals surface area contributed by atoms with Crippen LogP contribution in [0.2, 0.25) is 0 Å². The highest BCUT2D eigenvalue weighted by atomic mass is 19.1. The molecular weight excluding hydrogens is 191 g/mol. The number of hydrogen-bond donors (Lipinski definition) is 0. The molecule has 0 bridgehead atoms.